The summed E-state index contributed by atoms with van der Waals surface area (Å²) in [7, 11) is -2.31. The Morgan fingerprint density at radius 2 is 1.20 bits per heavy atom. The fourth-order valence-electron chi connectivity index (χ4n) is 3.00. The lowest BCUT2D eigenvalue weighted by atomic mass is 10.2. The topological polar surface area (TPSA) is 9.23 Å². The maximum absolute atomic E-state index is 6.76. The van der Waals surface area contributed by atoms with Crippen molar-refractivity contribution in [2.24, 2.45) is 0 Å². The van der Waals surface area contributed by atoms with Gasteiger partial charge in [-0.25, -0.2) is 0 Å². The molecule has 0 heterocycles. The van der Waals surface area contributed by atoms with Crippen LogP contribution in [0.3, 0.4) is 0 Å². The molecule has 0 aliphatic heterocycles. The van der Waals surface area contributed by atoms with Gasteiger partial charge in [0, 0.05) is 6.42 Å². The third-order valence-electron chi connectivity index (χ3n) is 4.46. The van der Waals surface area contributed by atoms with E-state index in [0.717, 1.165) is 12.2 Å². The zero-order valence-electron chi connectivity index (χ0n) is 14.9. The van der Waals surface area contributed by atoms with Crippen LogP contribution in [0.2, 0.25) is 6.55 Å². The molecule has 0 unspecified atom stereocenters. The Morgan fingerprint density at radius 1 is 0.760 bits per heavy atom. The molecule has 0 atom stereocenters. The Kier molecular flexibility index (Phi) is 5.52. The highest BCUT2D eigenvalue weighted by Crippen LogP contribution is 2.18. The van der Waals surface area contributed by atoms with Crippen molar-refractivity contribution in [3.05, 3.63) is 102 Å². The molecule has 0 N–H and O–H groups in total. The molecule has 0 bridgehead atoms. The number of hydrogen-bond donors (Lipinski definition) is 0. The largest absolute Gasteiger partial charge is 0.538 e. The highest BCUT2D eigenvalue weighted by molar-refractivity contribution is 6.96. The molecule has 0 radical (unpaired) electrons. The quantitative estimate of drug-likeness (QED) is 0.459. The first-order valence-electron chi connectivity index (χ1n) is 8.78. The van der Waals surface area contributed by atoms with E-state index in [1.54, 1.807) is 0 Å². The molecule has 3 aromatic carbocycles. The molecule has 0 fully saturated rings. The summed E-state index contributed by atoms with van der Waals surface area (Å²) < 4.78 is 6.76. The van der Waals surface area contributed by atoms with Crippen LogP contribution in [0, 0.1) is 0 Å². The fourth-order valence-corrected chi connectivity index (χ4v) is 5.95. The number of allylic oxidation sites excluding steroid dienone is 1. The standard InChI is InChI=1S/C23H24OSi/c1-3-21(19-20-13-7-4-8-14-20)24-25(2,22-15-9-5-10-16-22)23-17-11-6-12-18-23/h4-19H,3H2,1-2H3/b21-19+. The molecule has 25 heavy (non-hydrogen) atoms. The summed E-state index contributed by atoms with van der Waals surface area (Å²) >= 11 is 0. The Morgan fingerprint density at radius 3 is 1.64 bits per heavy atom. The van der Waals surface area contributed by atoms with Crippen LogP contribution in [0.25, 0.3) is 6.08 Å². The van der Waals surface area contributed by atoms with Crippen LogP contribution >= 0.6 is 0 Å². The second-order valence-electron chi connectivity index (χ2n) is 6.24. The van der Waals surface area contributed by atoms with Gasteiger partial charge in [0.2, 0.25) is 0 Å². The van der Waals surface area contributed by atoms with Gasteiger partial charge in [0.15, 0.2) is 0 Å². The first kappa shape index (κ1) is 17.2. The average Bonchev–Trinajstić information content (AvgIpc) is 2.69. The van der Waals surface area contributed by atoms with E-state index in [0.29, 0.717) is 0 Å². The molecule has 0 saturated heterocycles. The molecule has 0 amide bonds. The van der Waals surface area contributed by atoms with Gasteiger partial charge in [0.1, 0.15) is 0 Å². The highest BCUT2D eigenvalue weighted by atomic mass is 28.4. The lowest BCUT2D eigenvalue weighted by Gasteiger charge is -2.30. The molecule has 0 aromatic heterocycles. The molecule has 0 aliphatic rings. The molecular weight excluding hydrogens is 320 g/mol. The molecule has 0 saturated carbocycles. The van der Waals surface area contributed by atoms with Crippen molar-refractivity contribution >= 4 is 24.8 Å². The van der Waals surface area contributed by atoms with Gasteiger partial charge in [0.25, 0.3) is 0 Å². The summed E-state index contributed by atoms with van der Waals surface area (Å²) in [5.74, 6) is 1.04. The molecular formula is C23H24OSi. The Hall–Kier alpha value is -2.58. The van der Waals surface area contributed by atoms with Crippen molar-refractivity contribution in [2.45, 2.75) is 19.9 Å². The molecule has 126 valence electrons. The second-order valence-corrected chi connectivity index (χ2v) is 9.67. The van der Waals surface area contributed by atoms with Gasteiger partial charge in [-0.15, -0.1) is 0 Å². The van der Waals surface area contributed by atoms with Gasteiger partial charge in [-0.2, -0.15) is 0 Å². The molecule has 0 spiro atoms. The van der Waals surface area contributed by atoms with Crippen LogP contribution in [-0.4, -0.2) is 8.32 Å². The van der Waals surface area contributed by atoms with Gasteiger partial charge >= 0.3 is 8.32 Å². The van der Waals surface area contributed by atoms with Crippen molar-refractivity contribution in [2.75, 3.05) is 0 Å². The minimum absolute atomic E-state index is 0.872. The summed E-state index contributed by atoms with van der Waals surface area (Å²) in [6.07, 6.45) is 3.04. The van der Waals surface area contributed by atoms with Crippen LogP contribution in [0.1, 0.15) is 18.9 Å². The van der Waals surface area contributed by atoms with E-state index in [2.05, 4.69) is 104 Å². The van der Waals surface area contributed by atoms with Crippen LogP contribution in [0.4, 0.5) is 0 Å². The second kappa shape index (κ2) is 7.99. The normalized spacial score (nSPS) is 12.0. The van der Waals surface area contributed by atoms with Crippen molar-refractivity contribution < 1.29 is 4.43 Å². The van der Waals surface area contributed by atoms with Crippen LogP contribution in [0.5, 0.6) is 0 Å². The highest BCUT2D eigenvalue weighted by Gasteiger charge is 2.36. The van der Waals surface area contributed by atoms with Gasteiger partial charge in [-0.3, -0.25) is 0 Å². The van der Waals surface area contributed by atoms with E-state index in [-0.39, 0.29) is 0 Å². The van der Waals surface area contributed by atoms with E-state index in [4.69, 9.17) is 4.43 Å². The van der Waals surface area contributed by atoms with Gasteiger partial charge in [0.05, 0.1) is 5.76 Å². The first-order valence-corrected chi connectivity index (χ1v) is 11.2. The third kappa shape index (κ3) is 4.09. The van der Waals surface area contributed by atoms with Gasteiger partial charge in [-0.05, 0) is 28.6 Å². The predicted molar refractivity (Wildman–Crippen MR) is 110 cm³/mol. The van der Waals surface area contributed by atoms with E-state index in [1.807, 2.05) is 6.07 Å². The van der Waals surface area contributed by atoms with Crippen LogP contribution in [-0.2, 0) is 4.43 Å². The minimum atomic E-state index is -2.31. The lowest BCUT2D eigenvalue weighted by Crippen LogP contribution is -2.58. The van der Waals surface area contributed by atoms with Crippen molar-refractivity contribution in [3.8, 4) is 0 Å². The van der Waals surface area contributed by atoms with Gasteiger partial charge in [-0.1, -0.05) is 97.9 Å². The summed E-state index contributed by atoms with van der Waals surface area (Å²) in [5, 5.41) is 2.57. The monoisotopic (exact) mass is 344 g/mol. The first-order chi connectivity index (χ1) is 12.2. The average molecular weight is 345 g/mol. The number of benzene rings is 3. The summed E-state index contributed by atoms with van der Waals surface area (Å²) in [4.78, 5) is 0. The maximum atomic E-state index is 6.76. The Labute approximate surface area is 151 Å². The predicted octanol–water partition coefficient (Wildman–Crippen LogP) is 4.84. The zero-order valence-corrected chi connectivity index (χ0v) is 15.9. The fraction of sp³-hybridized carbons (Fsp3) is 0.130. The van der Waals surface area contributed by atoms with Crippen molar-refractivity contribution in [1.29, 1.82) is 0 Å². The Balaban J connectivity index is 2.02. The number of hydrogen-bond acceptors (Lipinski definition) is 1. The van der Waals surface area contributed by atoms with Gasteiger partial charge < -0.3 is 4.43 Å². The molecule has 1 nitrogen and oxygen atoms in total. The van der Waals surface area contributed by atoms with E-state index in [1.165, 1.54) is 15.9 Å². The summed E-state index contributed by atoms with van der Waals surface area (Å²) in [5.41, 5.74) is 1.18. The van der Waals surface area contributed by atoms with Crippen molar-refractivity contribution in [1.82, 2.24) is 0 Å². The van der Waals surface area contributed by atoms with E-state index >= 15 is 0 Å². The third-order valence-corrected chi connectivity index (χ3v) is 8.00. The van der Waals surface area contributed by atoms with Crippen LogP contribution in [0.15, 0.2) is 96.8 Å². The summed E-state index contributed by atoms with van der Waals surface area (Å²) in [6, 6.07) is 31.6. The SMILES string of the molecule is CC/C(=C\c1ccccc1)O[Si](C)(c1ccccc1)c1ccccc1. The van der Waals surface area contributed by atoms with E-state index < -0.39 is 8.32 Å². The smallest absolute Gasteiger partial charge is 0.311 e. The zero-order chi connectivity index (χ0) is 17.5. The Bertz CT molecular complexity index is 771. The molecule has 0 aliphatic carbocycles. The summed E-state index contributed by atoms with van der Waals surface area (Å²) in [6.45, 7) is 4.44. The molecule has 3 rings (SSSR count). The van der Waals surface area contributed by atoms with E-state index in [9.17, 15) is 0 Å². The van der Waals surface area contributed by atoms with Crippen molar-refractivity contribution in [3.63, 3.8) is 0 Å². The molecule has 2 heteroatoms. The number of rotatable bonds is 6. The van der Waals surface area contributed by atoms with Crippen LogP contribution < -0.4 is 10.4 Å². The minimum Gasteiger partial charge on any atom is -0.538 e. The lowest BCUT2D eigenvalue weighted by molar-refractivity contribution is 0.421. The molecule has 3 aromatic rings. The maximum Gasteiger partial charge on any atom is 0.311 e.